The molecule has 0 radical (unpaired) electrons. The number of benzene rings is 2. The number of aryl methyl sites for hydroxylation is 2. The lowest BCUT2D eigenvalue weighted by molar-refractivity contribution is 0.0150. The van der Waals surface area contributed by atoms with Crippen molar-refractivity contribution in [1.29, 1.82) is 0 Å². The van der Waals surface area contributed by atoms with Gasteiger partial charge in [0.05, 0.1) is 12.7 Å². The van der Waals surface area contributed by atoms with Gasteiger partial charge in [0.1, 0.15) is 5.82 Å². The van der Waals surface area contributed by atoms with Crippen LogP contribution in [0.3, 0.4) is 0 Å². The highest BCUT2D eigenvalue weighted by molar-refractivity contribution is 5.61. The van der Waals surface area contributed by atoms with E-state index in [0.29, 0.717) is 13.2 Å². The Labute approximate surface area is 216 Å². The van der Waals surface area contributed by atoms with E-state index in [4.69, 9.17) is 14.7 Å². The van der Waals surface area contributed by atoms with E-state index in [0.717, 1.165) is 74.9 Å². The van der Waals surface area contributed by atoms with Gasteiger partial charge in [-0.2, -0.15) is 0 Å². The Hall–Kier alpha value is -2.80. The summed E-state index contributed by atoms with van der Waals surface area (Å²) in [6.45, 7) is 11.7. The third-order valence-electron chi connectivity index (χ3n) is 6.78. The molecule has 1 aromatic heterocycles. The van der Waals surface area contributed by atoms with E-state index in [9.17, 15) is 5.11 Å². The first-order valence-electron chi connectivity index (χ1n) is 13.2. The number of β-amino-alcohol motifs (C(OH)–C–C–N with tert-alkyl or cyclic N) is 1. The van der Waals surface area contributed by atoms with Crippen LogP contribution in [0.1, 0.15) is 42.1 Å². The van der Waals surface area contributed by atoms with Crippen molar-refractivity contribution in [2.45, 2.75) is 46.1 Å². The molecule has 2 heterocycles. The molecule has 1 saturated heterocycles. The van der Waals surface area contributed by atoms with E-state index in [2.05, 4.69) is 67.0 Å². The quantitative estimate of drug-likeness (QED) is 0.397. The summed E-state index contributed by atoms with van der Waals surface area (Å²) in [5.74, 6) is 1.81. The molecule has 0 aliphatic carbocycles. The van der Waals surface area contributed by atoms with Crippen molar-refractivity contribution in [2.75, 3.05) is 50.8 Å². The highest BCUT2D eigenvalue weighted by atomic mass is 16.5. The van der Waals surface area contributed by atoms with Crippen LogP contribution in [0, 0.1) is 13.8 Å². The molecule has 2 aromatic carbocycles. The van der Waals surface area contributed by atoms with Gasteiger partial charge in [0, 0.05) is 62.6 Å². The Morgan fingerprint density at radius 1 is 0.972 bits per heavy atom. The Balaban J connectivity index is 1.51. The Bertz CT molecular complexity index is 1100. The van der Waals surface area contributed by atoms with E-state index in [-0.39, 0.29) is 0 Å². The molecule has 1 fully saturated rings. The molecule has 0 amide bonds. The molecule has 6 nitrogen and oxygen atoms in total. The number of aromatic nitrogens is 2. The zero-order valence-corrected chi connectivity index (χ0v) is 22.0. The summed E-state index contributed by atoms with van der Waals surface area (Å²) in [7, 11) is 0. The molecule has 0 spiro atoms. The van der Waals surface area contributed by atoms with Gasteiger partial charge in [-0.15, -0.1) is 0 Å². The third kappa shape index (κ3) is 7.12. The first-order chi connectivity index (χ1) is 17.5. The molecule has 4 rings (SSSR count). The molecule has 1 N–H and O–H groups in total. The zero-order valence-electron chi connectivity index (χ0n) is 22.0. The largest absolute Gasteiger partial charge is 0.389 e. The number of aliphatic hydroxyl groups excluding tert-OH is 1. The SMILES string of the molecule is CCCCOCC(O)CN1CCN(c2nc(-c3ccccc3)nc(C)c2Cc2cccc(C)c2)CC1. The molecule has 0 bridgehead atoms. The molecule has 1 unspecified atom stereocenters. The van der Waals surface area contributed by atoms with Crippen LogP contribution >= 0.6 is 0 Å². The van der Waals surface area contributed by atoms with Gasteiger partial charge >= 0.3 is 0 Å². The fraction of sp³-hybridized carbons (Fsp3) is 0.467. The maximum atomic E-state index is 10.4. The molecule has 6 heteroatoms. The first kappa shape index (κ1) is 26.3. The van der Waals surface area contributed by atoms with Crippen LogP contribution in [0.25, 0.3) is 11.4 Å². The van der Waals surface area contributed by atoms with Crippen LogP contribution < -0.4 is 4.90 Å². The van der Waals surface area contributed by atoms with Crippen molar-refractivity contribution in [3.63, 3.8) is 0 Å². The minimum Gasteiger partial charge on any atom is -0.389 e. The van der Waals surface area contributed by atoms with Crippen LogP contribution in [0.4, 0.5) is 5.82 Å². The van der Waals surface area contributed by atoms with Crippen LogP contribution in [-0.2, 0) is 11.2 Å². The van der Waals surface area contributed by atoms with Crippen molar-refractivity contribution >= 4 is 5.82 Å². The van der Waals surface area contributed by atoms with E-state index in [1.165, 1.54) is 16.7 Å². The van der Waals surface area contributed by atoms with Gasteiger partial charge in [0.25, 0.3) is 0 Å². The Morgan fingerprint density at radius 3 is 2.47 bits per heavy atom. The van der Waals surface area contributed by atoms with E-state index in [1.807, 2.05) is 18.2 Å². The monoisotopic (exact) mass is 488 g/mol. The molecule has 3 aromatic rings. The van der Waals surface area contributed by atoms with Crippen LogP contribution in [0.2, 0.25) is 0 Å². The fourth-order valence-electron chi connectivity index (χ4n) is 4.75. The second-order valence-corrected chi connectivity index (χ2v) is 9.84. The molecular weight excluding hydrogens is 448 g/mol. The lowest BCUT2D eigenvalue weighted by Gasteiger charge is -2.37. The van der Waals surface area contributed by atoms with Crippen LogP contribution in [0.15, 0.2) is 54.6 Å². The lowest BCUT2D eigenvalue weighted by atomic mass is 10.0. The maximum Gasteiger partial charge on any atom is 0.161 e. The van der Waals surface area contributed by atoms with Crippen molar-refractivity contribution < 1.29 is 9.84 Å². The van der Waals surface area contributed by atoms with Crippen LogP contribution in [-0.4, -0.2) is 72.0 Å². The summed E-state index contributed by atoms with van der Waals surface area (Å²) in [5, 5.41) is 10.4. The van der Waals surface area contributed by atoms with Crippen molar-refractivity contribution in [3.05, 3.63) is 77.0 Å². The van der Waals surface area contributed by atoms with Gasteiger partial charge in [-0.05, 0) is 25.8 Å². The predicted octanol–water partition coefficient (Wildman–Crippen LogP) is 4.65. The minimum atomic E-state index is -0.448. The van der Waals surface area contributed by atoms with Gasteiger partial charge in [0.15, 0.2) is 5.82 Å². The van der Waals surface area contributed by atoms with Gasteiger partial charge in [-0.1, -0.05) is 73.5 Å². The van der Waals surface area contributed by atoms with Gasteiger partial charge in [-0.25, -0.2) is 9.97 Å². The van der Waals surface area contributed by atoms with Gasteiger partial charge in [0.2, 0.25) is 0 Å². The molecule has 1 atom stereocenters. The maximum absolute atomic E-state index is 10.4. The van der Waals surface area contributed by atoms with E-state index >= 15 is 0 Å². The third-order valence-corrected chi connectivity index (χ3v) is 6.78. The number of nitrogens with zero attached hydrogens (tertiary/aromatic N) is 4. The topological polar surface area (TPSA) is 61.7 Å². The molecule has 192 valence electrons. The highest BCUT2D eigenvalue weighted by Crippen LogP contribution is 2.28. The summed E-state index contributed by atoms with van der Waals surface area (Å²) in [6, 6.07) is 18.9. The lowest BCUT2D eigenvalue weighted by Crippen LogP contribution is -2.49. The standard InChI is InChI=1S/C30H40N4O2/c1-4-5-18-36-22-27(35)21-33-14-16-34(17-15-33)30-28(20-25-11-9-10-23(2)19-25)24(3)31-29(32-30)26-12-7-6-8-13-26/h6-13,19,27,35H,4-5,14-18,20-22H2,1-3H3. The number of rotatable bonds is 11. The number of piperazine rings is 1. The van der Waals surface area contributed by atoms with Crippen molar-refractivity contribution in [2.24, 2.45) is 0 Å². The first-order valence-corrected chi connectivity index (χ1v) is 13.2. The Kier molecular flexibility index (Phi) is 9.45. The number of unbranched alkanes of at least 4 members (excludes halogenated alkanes) is 1. The molecule has 0 saturated carbocycles. The van der Waals surface area contributed by atoms with Crippen molar-refractivity contribution in [3.8, 4) is 11.4 Å². The van der Waals surface area contributed by atoms with Crippen molar-refractivity contribution in [1.82, 2.24) is 14.9 Å². The van der Waals surface area contributed by atoms with E-state index < -0.39 is 6.10 Å². The number of hydrogen-bond acceptors (Lipinski definition) is 6. The summed E-state index contributed by atoms with van der Waals surface area (Å²) in [5.41, 5.74) is 5.80. The number of ether oxygens (including phenoxy) is 1. The summed E-state index contributed by atoms with van der Waals surface area (Å²) in [6.07, 6.45) is 2.51. The normalized spacial score (nSPS) is 15.3. The fourth-order valence-corrected chi connectivity index (χ4v) is 4.75. The summed E-state index contributed by atoms with van der Waals surface area (Å²) < 4.78 is 5.61. The average Bonchev–Trinajstić information content (AvgIpc) is 2.89. The molecule has 1 aliphatic heterocycles. The zero-order chi connectivity index (χ0) is 25.3. The molecule has 36 heavy (non-hydrogen) atoms. The number of anilines is 1. The van der Waals surface area contributed by atoms with E-state index in [1.54, 1.807) is 0 Å². The van der Waals surface area contributed by atoms with Crippen LogP contribution in [0.5, 0.6) is 0 Å². The minimum absolute atomic E-state index is 0.409. The Morgan fingerprint density at radius 2 is 1.75 bits per heavy atom. The smallest absolute Gasteiger partial charge is 0.161 e. The molecule has 1 aliphatic rings. The number of aliphatic hydroxyl groups is 1. The molecular formula is C30H40N4O2. The van der Waals surface area contributed by atoms with Gasteiger partial charge in [-0.3, -0.25) is 4.90 Å². The summed E-state index contributed by atoms with van der Waals surface area (Å²) in [4.78, 5) is 14.8. The van der Waals surface area contributed by atoms with Gasteiger partial charge < -0.3 is 14.7 Å². The second kappa shape index (κ2) is 12.9. The number of hydrogen-bond donors (Lipinski definition) is 1. The summed E-state index contributed by atoms with van der Waals surface area (Å²) >= 11 is 0. The average molecular weight is 489 g/mol. The predicted molar refractivity (Wildman–Crippen MR) is 147 cm³/mol. The highest BCUT2D eigenvalue weighted by Gasteiger charge is 2.24. The second-order valence-electron chi connectivity index (χ2n) is 9.84.